The zero-order valence-corrected chi connectivity index (χ0v) is 11.3. The highest BCUT2D eigenvalue weighted by Gasteiger charge is 2.05. The molecule has 2 aromatic rings. The van der Waals surface area contributed by atoms with Crippen molar-refractivity contribution >= 4 is 0 Å². The van der Waals surface area contributed by atoms with Crippen molar-refractivity contribution in [2.45, 2.75) is 6.42 Å². The van der Waals surface area contributed by atoms with Gasteiger partial charge < -0.3 is 10.5 Å². The van der Waals surface area contributed by atoms with Crippen LogP contribution in [0.2, 0.25) is 0 Å². The number of hydrogen-bond donors (Lipinski definition) is 1. The fourth-order valence-corrected chi connectivity index (χ4v) is 1.76. The number of nitrogens with zero attached hydrogens (tertiary/aromatic N) is 2. The maximum Gasteiger partial charge on any atom is 0.165 e. The van der Waals surface area contributed by atoms with E-state index in [2.05, 4.69) is 16.9 Å². The summed E-state index contributed by atoms with van der Waals surface area (Å²) in [6, 6.07) is 6.44. The summed E-state index contributed by atoms with van der Waals surface area (Å²) in [7, 11) is 1.86. The van der Waals surface area contributed by atoms with Crippen molar-refractivity contribution in [3.8, 4) is 17.6 Å². The summed E-state index contributed by atoms with van der Waals surface area (Å²) in [5.74, 6) is 5.38. The minimum atomic E-state index is -0.395. The summed E-state index contributed by atoms with van der Waals surface area (Å²) in [5, 5.41) is 4.06. The monoisotopic (exact) mass is 273 g/mol. The lowest BCUT2D eigenvalue weighted by molar-refractivity contribution is 0.302. The Labute approximate surface area is 117 Å². The lowest BCUT2D eigenvalue weighted by Crippen LogP contribution is -2.06. The first kappa shape index (κ1) is 14.1. The Hall–Kier alpha value is -2.32. The number of benzene rings is 1. The highest BCUT2D eigenvalue weighted by Crippen LogP contribution is 2.18. The first-order valence-corrected chi connectivity index (χ1v) is 6.29. The third-order valence-electron chi connectivity index (χ3n) is 2.80. The van der Waals surface area contributed by atoms with Gasteiger partial charge in [0.05, 0.1) is 13.2 Å². The van der Waals surface area contributed by atoms with Crippen molar-refractivity contribution in [2.75, 3.05) is 13.2 Å². The van der Waals surface area contributed by atoms with E-state index in [0.29, 0.717) is 18.6 Å². The predicted molar refractivity (Wildman–Crippen MR) is 74.7 cm³/mol. The molecule has 0 aliphatic carbocycles. The second kappa shape index (κ2) is 6.73. The van der Waals surface area contributed by atoms with Gasteiger partial charge in [-0.25, -0.2) is 4.39 Å². The van der Waals surface area contributed by atoms with Crippen LogP contribution >= 0.6 is 0 Å². The molecule has 4 nitrogen and oxygen atoms in total. The molecule has 1 aromatic heterocycles. The molecule has 0 saturated heterocycles. The molecule has 0 aliphatic heterocycles. The van der Waals surface area contributed by atoms with Gasteiger partial charge in [-0.2, -0.15) is 5.10 Å². The van der Waals surface area contributed by atoms with Crippen molar-refractivity contribution < 1.29 is 9.13 Å². The van der Waals surface area contributed by atoms with Crippen molar-refractivity contribution in [2.24, 2.45) is 12.8 Å². The Kier molecular flexibility index (Phi) is 4.75. The van der Waals surface area contributed by atoms with Gasteiger partial charge in [0.25, 0.3) is 0 Å². The molecule has 0 spiro atoms. The molecule has 0 bridgehead atoms. The average Bonchev–Trinajstić information content (AvgIpc) is 2.85. The topological polar surface area (TPSA) is 53.1 Å². The normalized spacial score (nSPS) is 9.95. The van der Waals surface area contributed by atoms with Crippen LogP contribution in [0.5, 0.6) is 5.75 Å². The second-order valence-corrected chi connectivity index (χ2v) is 4.20. The quantitative estimate of drug-likeness (QED) is 0.859. The lowest BCUT2D eigenvalue weighted by atomic mass is 10.2. The van der Waals surface area contributed by atoms with Gasteiger partial charge in [0.15, 0.2) is 11.6 Å². The Balaban J connectivity index is 2.00. The second-order valence-electron chi connectivity index (χ2n) is 4.20. The van der Waals surface area contributed by atoms with Gasteiger partial charge >= 0.3 is 0 Å². The number of ether oxygens (including phenoxy) is 1. The van der Waals surface area contributed by atoms with Gasteiger partial charge in [-0.05, 0) is 24.3 Å². The van der Waals surface area contributed by atoms with E-state index in [9.17, 15) is 4.39 Å². The molecule has 1 heterocycles. The molecule has 0 saturated carbocycles. The molecule has 5 heteroatoms. The number of halogens is 1. The number of nitrogens with two attached hydrogens (primary N) is 1. The Morgan fingerprint density at radius 1 is 1.40 bits per heavy atom. The lowest BCUT2D eigenvalue weighted by Gasteiger charge is -2.08. The summed E-state index contributed by atoms with van der Waals surface area (Å²) in [5.41, 5.74) is 7.03. The van der Waals surface area contributed by atoms with Crippen LogP contribution in [0.4, 0.5) is 4.39 Å². The fraction of sp³-hybridized carbons (Fsp3) is 0.267. The highest BCUT2D eigenvalue weighted by atomic mass is 19.1. The first-order chi connectivity index (χ1) is 9.70. The van der Waals surface area contributed by atoms with Crippen molar-refractivity contribution in [3.05, 3.63) is 47.5 Å². The van der Waals surface area contributed by atoms with Crippen molar-refractivity contribution in [1.29, 1.82) is 0 Å². The van der Waals surface area contributed by atoms with E-state index >= 15 is 0 Å². The molecule has 0 atom stereocenters. The highest BCUT2D eigenvalue weighted by molar-refractivity contribution is 5.40. The van der Waals surface area contributed by atoms with Gasteiger partial charge in [0.1, 0.15) is 0 Å². The maximum atomic E-state index is 13.6. The Morgan fingerprint density at radius 2 is 2.25 bits per heavy atom. The van der Waals surface area contributed by atoms with Crippen molar-refractivity contribution in [3.63, 3.8) is 0 Å². The van der Waals surface area contributed by atoms with Crippen LogP contribution in [0.25, 0.3) is 0 Å². The van der Waals surface area contributed by atoms with Crippen molar-refractivity contribution in [1.82, 2.24) is 9.78 Å². The number of aryl methyl sites for hydroxylation is 1. The van der Waals surface area contributed by atoms with Gasteiger partial charge in [-0.15, -0.1) is 0 Å². The maximum absolute atomic E-state index is 13.6. The summed E-state index contributed by atoms with van der Waals surface area (Å²) in [4.78, 5) is 0. The van der Waals surface area contributed by atoms with Crippen LogP contribution in [-0.2, 0) is 13.5 Å². The van der Waals surface area contributed by atoms with E-state index in [1.165, 1.54) is 6.07 Å². The van der Waals surface area contributed by atoms with Gasteiger partial charge in [-0.1, -0.05) is 11.8 Å². The SMILES string of the molecule is Cn1nccc1CCOc1cc(C#CCN)ccc1F. The van der Waals surface area contributed by atoms with Gasteiger partial charge in [0, 0.05) is 30.9 Å². The van der Waals surface area contributed by atoms with Crippen LogP contribution in [0, 0.1) is 17.7 Å². The molecule has 0 fully saturated rings. The van der Waals surface area contributed by atoms with E-state index in [4.69, 9.17) is 10.5 Å². The van der Waals surface area contributed by atoms with Crippen LogP contribution < -0.4 is 10.5 Å². The van der Waals surface area contributed by atoms with E-state index in [1.807, 2.05) is 13.1 Å². The molecule has 20 heavy (non-hydrogen) atoms. The standard InChI is InChI=1S/C15H16FN3O/c1-19-13(6-9-18-19)7-10-20-15-11-12(3-2-8-17)4-5-14(15)16/h4-6,9,11H,7-8,10,17H2,1H3. The van der Waals surface area contributed by atoms with Crippen LogP contribution in [0.1, 0.15) is 11.3 Å². The molecule has 0 radical (unpaired) electrons. The molecule has 0 amide bonds. The van der Waals surface area contributed by atoms with Gasteiger partial charge in [-0.3, -0.25) is 4.68 Å². The average molecular weight is 273 g/mol. The third kappa shape index (κ3) is 3.59. The predicted octanol–water partition coefficient (Wildman–Crippen LogP) is 1.49. The molecule has 2 N–H and O–H groups in total. The largest absolute Gasteiger partial charge is 0.490 e. The molecular weight excluding hydrogens is 257 g/mol. The first-order valence-electron chi connectivity index (χ1n) is 6.29. The molecule has 0 aliphatic rings. The minimum Gasteiger partial charge on any atom is -0.490 e. The van der Waals surface area contributed by atoms with Crippen LogP contribution in [-0.4, -0.2) is 22.9 Å². The molecule has 0 unspecified atom stereocenters. The van der Waals surface area contributed by atoms with E-state index in [0.717, 1.165) is 5.69 Å². The third-order valence-corrected chi connectivity index (χ3v) is 2.80. The zero-order valence-electron chi connectivity index (χ0n) is 11.3. The van der Waals surface area contributed by atoms with Crippen LogP contribution in [0.3, 0.4) is 0 Å². The smallest absolute Gasteiger partial charge is 0.165 e. The number of rotatable bonds is 4. The van der Waals surface area contributed by atoms with Gasteiger partial charge in [0.2, 0.25) is 0 Å². The molecule has 2 rings (SSSR count). The Morgan fingerprint density at radius 3 is 2.95 bits per heavy atom. The van der Waals surface area contributed by atoms with E-state index in [-0.39, 0.29) is 12.3 Å². The molecule has 104 valence electrons. The summed E-state index contributed by atoms with van der Waals surface area (Å²) in [6.07, 6.45) is 2.38. The summed E-state index contributed by atoms with van der Waals surface area (Å²) >= 11 is 0. The zero-order chi connectivity index (χ0) is 14.4. The summed E-state index contributed by atoms with van der Waals surface area (Å²) in [6.45, 7) is 0.651. The summed E-state index contributed by atoms with van der Waals surface area (Å²) < 4.78 is 20.9. The van der Waals surface area contributed by atoms with E-state index < -0.39 is 5.82 Å². The van der Waals surface area contributed by atoms with Crippen LogP contribution in [0.15, 0.2) is 30.5 Å². The number of hydrogen-bond acceptors (Lipinski definition) is 3. The Bertz CT molecular complexity index is 640. The molecule has 1 aromatic carbocycles. The molecular formula is C15H16FN3O. The number of aromatic nitrogens is 2. The fourth-order valence-electron chi connectivity index (χ4n) is 1.76. The minimum absolute atomic E-state index is 0.205. The van der Waals surface area contributed by atoms with E-state index in [1.54, 1.807) is 23.0 Å².